The van der Waals surface area contributed by atoms with Gasteiger partial charge in [0.15, 0.2) is 0 Å². The van der Waals surface area contributed by atoms with Gasteiger partial charge < -0.3 is 10.2 Å². The van der Waals surface area contributed by atoms with Gasteiger partial charge in [-0.2, -0.15) is 0 Å². The first kappa shape index (κ1) is 20.3. The van der Waals surface area contributed by atoms with Crippen LogP contribution in [0.3, 0.4) is 0 Å². The molecule has 0 saturated carbocycles. The topological polar surface area (TPSA) is 49.4 Å². The Morgan fingerprint density at radius 2 is 1.77 bits per heavy atom. The van der Waals surface area contributed by atoms with E-state index in [0.717, 1.165) is 5.69 Å². The van der Waals surface area contributed by atoms with Gasteiger partial charge in [-0.3, -0.25) is 9.59 Å². The Morgan fingerprint density at radius 3 is 2.38 bits per heavy atom. The van der Waals surface area contributed by atoms with Gasteiger partial charge in [-0.05, 0) is 36.8 Å². The van der Waals surface area contributed by atoms with Crippen molar-refractivity contribution in [3.63, 3.8) is 0 Å². The van der Waals surface area contributed by atoms with E-state index in [9.17, 15) is 9.59 Å². The molecule has 4 nitrogen and oxygen atoms in total. The van der Waals surface area contributed by atoms with Crippen LogP contribution in [0.2, 0.25) is 10.0 Å². The van der Waals surface area contributed by atoms with Gasteiger partial charge in [0.25, 0.3) is 5.91 Å². The van der Waals surface area contributed by atoms with Gasteiger partial charge in [0.2, 0.25) is 5.91 Å². The largest absolute Gasteiger partial charge is 0.356 e. The van der Waals surface area contributed by atoms with Crippen molar-refractivity contribution in [1.29, 1.82) is 0 Å². The van der Waals surface area contributed by atoms with Gasteiger partial charge >= 0.3 is 0 Å². The molecule has 0 aliphatic heterocycles. The summed E-state index contributed by atoms with van der Waals surface area (Å²) in [5.41, 5.74) is 1.17. The van der Waals surface area contributed by atoms with Crippen molar-refractivity contribution in [3.8, 4) is 0 Å². The summed E-state index contributed by atoms with van der Waals surface area (Å²) in [5.74, 6) is -0.258. The highest BCUT2D eigenvalue weighted by Gasteiger charge is 2.20. The van der Waals surface area contributed by atoms with Gasteiger partial charge in [-0.15, -0.1) is 0 Å². The van der Waals surface area contributed by atoms with E-state index in [1.807, 2.05) is 44.2 Å². The zero-order chi connectivity index (χ0) is 19.1. The number of nitrogens with zero attached hydrogens (tertiary/aromatic N) is 1. The van der Waals surface area contributed by atoms with E-state index in [2.05, 4.69) is 5.32 Å². The molecular formula is C20H22Cl2N2O2. The normalized spacial score (nSPS) is 10.7. The number of anilines is 1. The molecule has 0 bridgehead atoms. The van der Waals surface area contributed by atoms with Crippen LogP contribution in [0.5, 0.6) is 0 Å². The summed E-state index contributed by atoms with van der Waals surface area (Å²) < 4.78 is 0. The standard InChI is InChI=1S/C20H22Cl2N2O2/c1-14(2)19(25)23-11-6-12-24(16-7-4-3-5-8-16)20(26)17-10-9-15(21)13-18(17)22/h3-5,7-10,13-14H,6,11-12H2,1-2H3,(H,23,25). The van der Waals surface area contributed by atoms with Crippen molar-refractivity contribution >= 4 is 40.7 Å². The zero-order valence-electron chi connectivity index (χ0n) is 14.8. The fraction of sp³-hybridized carbons (Fsp3) is 0.300. The molecule has 138 valence electrons. The Bertz CT molecular complexity index is 764. The third-order valence-electron chi connectivity index (χ3n) is 3.86. The molecule has 0 radical (unpaired) electrons. The van der Waals surface area contributed by atoms with Crippen LogP contribution in [0.4, 0.5) is 5.69 Å². The SMILES string of the molecule is CC(C)C(=O)NCCCN(C(=O)c1ccc(Cl)cc1Cl)c1ccccc1. The first-order valence-electron chi connectivity index (χ1n) is 8.50. The molecule has 0 atom stereocenters. The Kier molecular flexibility index (Phi) is 7.49. The maximum Gasteiger partial charge on any atom is 0.259 e. The second-order valence-electron chi connectivity index (χ2n) is 6.22. The quantitative estimate of drug-likeness (QED) is 0.687. The number of benzene rings is 2. The van der Waals surface area contributed by atoms with Crippen molar-refractivity contribution in [3.05, 3.63) is 64.1 Å². The molecule has 26 heavy (non-hydrogen) atoms. The lowest BCUT2D eigenvalue weighted by Crippen LogP contribution is -2.35. The maximum atomic E-state index is 13.0. The number of carbonyl (C=O) groups excluding carboxylic acids is 2. The minimum atomic E-state index is -0.201. The van der Waals surface area contributed by atoms with Crippen molar-refractivity contribution in [2.45, 2.75) is 20.3 Å². The maximum absolute atomic E-state index is 13.0. The lowest BCUT2D eigenvalue weighted by molar-refractivity contribution is -0.123. The molecule has 0 fully saturated rings. The number of amides is 2. The minimum Gasteiger partial charge on any atom is -0.356 e. The fourth-order valence-corrected chi connectivity index (χ4v) is 2.91. The molecule has 0 aliphatic rings. The monoisotopic (exact) mass is 392 g/mol. The number of hydrogen-bond acceptors (Lipinski definition) is 2. The molecule has 2 aromatic carbocycles. The van der Waals surface area contributed by atoms with Gasteiger partial charge in [0.1, 0.15) is 0 Å². The van der Waals surface area contributed by atoms with Crippen LogP contribution in [0, 0.1) is 5.92 Å². The number of halogens is 2. The second-order valence-corrected chi connectivity index (χ2v) is 7.06. The summed E-state index contributed by atoms with van der Waals surface area (Å²) in [5, 5.41) is 3.66. The molecule has 0 spiro atoms. The average Bonchev–Trinajstić information content (AvgIpc) is 2.61. The van der Waals surface area contributed by atoms with E-state index in [1.54, 1.807) is 23.1 Å². The van der Waals surface area contributed by atoms with Crippen LogP contribution in [-0.2, 0) is 4.79 Å². The Morgan fingerprint density at radius 1 is 1.08 bits per heavy atom. The lowest BCUT2D eigenvalue weighted by atomic mass is 10.1. The van der Waals surface area contributed by atoms with Gasteiger partial charge in [-0.25, -0.2) is 0 Å². The van der Waals surface area contributed by atoms with Crippen molar-refractivity contribution in [1.82, 2.24) is 5.32 Å². The van der Waals surface area contributed by atoms with E-state index in [1.165, 1.54) is 0 Å². The van der Waals surface area contributed by atoms with Crippen LogP contribution in [0.15, 0.2) is 48.5 Å². The third kappa shape index (κ3) is 5.48. The predicted octanol–water partition coefficient (Wildman–Crippen LogP) is 4.80. The van der Waals surface area contributed by atoms with Crippen LogP contribution in [0.1, 0.15) is 30.6 Å². The summed E-state index contributed by atoms with van der Waals surface area (Å²) in [6.07, 6.45) is 0.629. The number of carbonyl (C=O) groups is 2. The number of rotatable bonds is 7. The number of para-hydroxylation sites is 1. The summed E-state index contributed by atoms with van der Waals surface area (Å²) >= 11 is 12.1. The number of nitrogens with one attached hydrogen (secondary N) is 1. The smallest absolute Gasteiger partial charge is 0.259 e. The van der Waals surface area contributed by atoms with Gasteiger partial charge in [-0.1, -0.05) is 55.2 Å². The van der Waals surface area contributed by atoms with Crippen LogP contribution in [-0.4, -0.2) is 24.9 Å². The van der Waals surface area contributed by atoms with E-state index >= 15 is 0 Å². The first-order chi connectivity index (χ1) is 12.4. The molecule has 1 N–H and O–H groups in total. The van der Waals surface area contributed by atoms with Gasteiger partial charge in [0.05, 0.1) is 10.6 Å². The summed E-state index contributed by atoms with van der Waals surface area (Å²) in [6.45, 7) is 4.65. The van der Waals surface area contributed by atoms with Gasteiger partial charge in [0, 0.05) is 29.7 Å². The van der Waals surface area contributed by atoms with Crippen molar-refractivity contribution < 1.29 is 9.59 Å². The summed E-state index contributed by atoms with van der Waals surface area (Å²) in [6, 6.07) is 14.2. The lowest BCUT2D eigenvalue weighted by Gasteiger charge is -2.23. The Balaban J connectivity index is 2.14. The molecule has 0 unspecified atom stereocenters. The van der Waals surface area contributed by atoms with E-state index in [0.29, 0.717) is 35.1 Å². The molecule has 0 aliphatic carbocycles. The second kappa shape index (κ2) is 9.60. The molecule has 6 heteroatoms. The molecule has 0 saturated heterocycles. The van der Waals surface area contributed by atoms with Crippen LogP contribution >= 0.6 is 23.2 Å². The molecule has 0 aromatic heterocycles. The molecule has 2 rings (SSSR count). The predicted molar refractivity (Wildman–Crippen MR) is 107 cm³/mol. The van der Waals surface area contributed by atoms with Crippen LogP contribution < -0.4 is 10.2 Å². The Hall–Kier alpha value is -2.04. The van der Waals surface area contributed by atoms with E-state index < -0.39 is 0 Å². The molecule has 0 heterocycles. The average molecular weight is 393 g/mol. The Labute approximate surface area is 164 Å². The van der Waals surface area contributed by atoms with E-state index in [4.69, 9.17) is 23.2 Å². The zero-order valence-corrected chi connectivity index (χ0v) is 16.3. The van der Waals surface area contributed by atoms with Crippen molar-refractivity contribution in [2.75, 3.05) is 18.0 Å². The van der Waals surface area contributed by atoms with Crippen molar-refractivity contribution in [2.24, 2.45) is 5.92 Å². The van der Waals surface area contributed by atoms with E-state index in [-0.39, 0.29) is 17.7 Å². The summed E-state index contributed by atoms with van der Waals surface area (Å²) in [4.78, 5) is 26.4. The highest BCUT2D eigenvalue weighted by atomic mass is 35.5. The number of hydrogen-bond donors (Lipinski definition) is 1. The molecule has 2 aromatic rings. The first-order valence-corrected chi connectivity index (χ1v) is 9.25. The molecular weight excluding hydrogens is 371 g/mol. The molecule has 2 amide bonds. The highest BCUT2D eigenvalue weighted by molar-refractivity contribution is 6.37. The highest BCUT2D eigenvalue weighted by Crippen LogP contribution is 2.25. The van der Waals surface area contributed by atoms with Crippen LogP contribution in [0.25, 0.3) is 0 Å². The summed E-state index contributed by atoms with van der Waals surface area (Å²) in [7, 11) is 0. The minimum absolute atomic E-state index is 0.00309. The fourth-order valence-electron chi connectivity index (χ4n) is 2.42. The third-order valence-corrected chi connectivity index (χ3v) is 4.40.